The molecule has 0 aromatic heterocycles. The Morgan fingerprint density at radius 2 is 1.60 bits per heavy atom. The van der Waals surface area contributed by atoms with E-state index in [1.54, 1.807) is 12.1 Å². The number of Topliss-reactive ketones (excluding diaryl/α,β-unsaturated/α-hetero) is 1. The van der Waals surface area contributed by atoms with Gasteiger partial charge in [-0.3, -0.25) is 9.59 Å². The molecule has 0 heterocycles. The Labute approximate surface area is 145 Å². The fourth-order valence-corrected chi connectivity index (χ4v) is 3.09. The third kappa shape index (κ3) is 4.08. The summed E-state index contributed by atoms with van der Waals surface area (Å²) in [5.41, 5.74) is 0.742. The van der Waals surface area contributed by atoms with Gasteiger partial charge in [-0.05, 0) is 25.1 Å². The van der Waals surface area contributed by atoms with E-state index in [4.69, 9.17) is 5.39 Å². The minimum absolute atomic E-state index is 0.0237. The Balaban J connectivity index is 2.35. The number of rotatable bonds is 5. The number of aryl methyl sites for hydroxylation is 1. The molecule has 7 nitrogen and oxygen atoms in total. The molecule has 0 saturated carbocycles. The van der Waals surface area contributed by atoms with E-state index < -0.39 is 27.8 Å². The van der Waals surface area contributed by atoms with E-state index >= 15 is 0 Å². The van der Waals surface area contributed by atoms with Gasteiger partial charge in [0.2, 0.25) is 5.39 Å². The van der Waals surface area contributed by atoms with Crippen molar-refractivity contribution < 1.29 is 18.0 Å². The molecule has 0 aliphatic carbocycles. The van der Waals surface area contributed by atoms with Crippen molar-refractivity contribution in [2.75, 3.05) is 0 Å². The first-order valence-electron chi connectivity index (χ1n) is 7.37. The maximum Gasteiger partial charge on any atom is 0.372 e. The fourth-order valence-electron chi connectivity index (χ4n) is 2.13. The molecule has 1 atom stereocenters. The van der Waals surface area contributed by atoms with Gasteiger partial charge < -0.3 is 0 Å². The highest BCUT2D eigenvalue weighted by atomic mass is 32.2. The molecular formula is C17H16N3O4S+. The first-order chi connectivity index (χ1) is 11.8. The number of nitrogens with zero attached hydrogens (tertiary/aromatic N) is 2. The number of nitrogens with one attached hydrogen (secondary N) is 1. The Kier molecular flexibility index (Phi) is 5.29. The second-order valence-electron chi connectivity index (χ2n) is 5.45. The van der Waals surface area contributed by atoms with Gasteiger partial charge in [0.05, 0.1) is 10.5 Å². The maximum absolute atomic E-state index is 12.4. The zero-order chi connectivity index (χ0) is 18.6. The third-order valence-electron chi connectivity index (χ3n) is 3.55. The van der Waals surface area contributed by atoms with Crippen molar-refractivity contribution >= 4 is 21.7 Å². The summed E-state index contributed by atoms with van der Waals surface area (Å²) < 4.78 is 26.6. The second-order valence-corrected chi connectivity index (χ2v) is 7.13. The summed E-state index contributed by atoms with van der Waals surface area (Å²) in [7, 11) is -4.08. The van der Waals surface area contributed by atoms with Crippen LogP contribution in [-0.2, 0) is 10.0 Å². The molecule has 1 N–H and O–H groups in total. The van der Waals surface area contributed by atoms with Crippen LogP contribution in [0.3, 0.4) is 0 Å². The molecule has 1 amide bonds. The molecule has 2 aromatic rings. The van der Waals surface area contributed by atoms with Crippen molar-refractivity contribution in [3.63, 3.8) is 0 Å². The Hall–Kier alpha value is -3.05. The SMILES string of the molecule is Cc1ccc(S(=O)(=O)NC(=O)c2ccccc2C(=O)C(C)[N+]#N)cc1. The van der Waals surface area contributed by atoms with Gasteiger partial charge in [0, 0.05) is 12.5 Å². The number of benzene rings is 2. The molecule has 2 rings (SSSR count). The molecule has 0 radical (unpaired) electrons. The molecule has 0 aliphatic heterocycles. The van der Waals surface area contributed by atoms with Crippen LogP contribution in [0.15, 0.2) is 53.4 Å². The summed E-state index contributed by atoms with van der Waals surface area (Å²) in [6, 6.07) is 10.7. The standard InChI is InChI=1S/C17H15N3O4S/c1-11-7-9-13(10-8-11)25(23,24)20-17(22)15-6-4-3-5-14(15)16(21)12(2)19-18/h3-10,12H,1-2H3/p+1. The molecule has 0 fully saturated rings. The number of carbonyl (C=O) groups excluding carboxylic acids is 2. The largest absolute Gasteiger partial charge is 0.372 e. The molecule has 2 aromatic carbocycles. The van der Waals surface area contributed by atoms with Crippen LogP contribution < -0.4 is 4.72 Å². The normalized spacial score (nSPS) is 12.0. The van der Waals surface area contributed by atoms with Crippen LogP contribution in [0.4, 0.5) is 0 Å². The monoisotopic (exact) mass is 358 g/mol. The first kappa shape index (κ1) is 18.3. The summed E-state index contributed by atoms with van der Waals surface area (Å²) in [6.45, 7) is 3.17. The van der Waals surface area contributed by atoms with Crippen molar-refractivity contribution in [2.45, 2.75) is 24.8 Å². The number of ketones is 1. The smallest absolute Gasteiger partial charge is 0.285 e. The van der Waals surface area contributed by atoms with Gasteiger partial charge in [-0.2, -0.15) is 0 Å². The van der Waals surface area contributed by atoms with Crippen molar-refractivity contribution in [3.05, 3.63) is 70.2 Å². The Morgan fingerprint density at radius 1 is 1.04 bits per heavy atom. The molecule has 0 aliphatic rings. The predicted molar refractivity (Wildman–Crippen MR) is 91.1 cm³/mol. The van der Waals surface area contributed by atoms with E-state index in [1.807, 2.05) is 11.6 Å². The number of hydrogen-bond donors (Lipinski definition) is 1. The van der Waals surface area contributed by atoms with E-state index in [1.165, 1.54) is 43.3 Å². The van der Waals surface area contributed by atoms with Crippen molar-refractivity contribution in [1.82, 2.24) is 4.72 Å². The van der Waals surface area contributed by atoms with Crippen LogP contribution in [0.5, 0.6) is 0 Å². The van der Waals surface area contributed by atoms with E-state index in [9.17, 15) is 18.0 Å². The topological polar surface area (TPSA) is 108 Å². The number of sulfonamides is 1. The second kappa shape index (κ2) is 7.23. The van der Waals surface area contributed by atoms with Crippen molar-refractivity contribution in [1.29, 1.82) is 5.39 Å². The highest BCUT2D eigenvalue weighted by Gasteiger charge is 2.30. The van der Waals surface area contributed by atoms with E-state index in [2.05, 4.69) is 4.98 Å². The average molecular weight is 358 g/mol. The quantitative estimate of drug-likeness (QED) is 0.652. The van der Waals surface area contributed by atoms with Gasteiger partial charge >= 0.3 is 6.04 Å². The lowest BCUT2D eigenvalue weighted by Crippen LogP contribution is -2.32. The fraction of sp³-hybridized carbons (Fsp3) is 0.176. The molecule has 25 heavy (non-hydrogen) atoms. The molecule has 128 valence electrons. The van der Waals surface area contributed by atoms with Gasteiger partial charge in [0.1, 0.15) is 4.98 Å². The summed E-state index contributed by atoms with van der Waals surface area (Å²) in [4.78, 5) is 27.4. The minimum Gasteiger partial charge on any atom is -0.285 e. The molecule has 0 spiro atoms. The van der Waals surface area contributed by atoms with Crippen LogP contribution >= 0.6 is 0 Å². The van der Waals surface area contributed by atoms with Crippen molar-refractivity contribution in [2.24, 2.45) is 0 Å². The van der Waals surface area contributed by atoms with Crippen LogP contribution in [0.1, 0.15) is 33.2 Å². The number of carbonyl (C=O) groups is 2. The average Bonchev–Trinajstić information content (AvgIpc) is 2.60. The zero-order valence-electron chi connectivity index (χ0n) is 13.6. The minimum atomic E-state index is -4.08. The maximum atomic E-state index is 12.4. The van der Waals surface area contributed by atoms with Gasteiger partial charge in [-0.25, -0.2) is 13.1 Å². The lowest BCUT2D eigenvalue weighted by molar-refractivity contribution is 0.0947. The predicted octanol–water partition coefficient (Wildman–Crippen LogP) is 2.54. The van der Waals surface area contributed by atoms with Crippen LogP contribution in [-0.4, -0.2) is 26.2 Å². The van der Waals surface area contributed by atoms with Gasteiger partial charge in [-0.15, -0.1) is 0 Å². The van der Waals surface area contributed by atoms with Crippen LogP contribution in [0.25, 0.3) is 4.98 Å². The lowest BCUT2D eigenvalue weighted by atomic mass is 9.99. The van der Waals surface area contributed by atoms with Crippen LogP contribution in [0, 0.1) is 12.3 Å². The molecule has 1 unspecified atom stereocenters. The lowest BCUT2D eigenvalue weighted by Gasteiger charge is -2.09. The highest BCUT2D eigenvalue weighted by Crippen LogP contribution is 2.15. The first-order valence-corrected chi connectivity index (χ1v) is 8.86. The number of amides is 1. The van der Waals surface area contributed by atoms with E-state index in [0.29, 0.717) is 0 Å². The number of diazo groups is 1. The Bertz CT molecular complexity index is 960. The molecule has 0 bridgehead atoms. The molecule has 8 heteroatoms. The summed E-state index contributed by atoms with van der Waals surface area (Å²) in [5, 5.41) is 8.76. The summed E-state index contributed by atoms with van der Waals surface area (Å²) >= 11 is 0. The van der Waals surface area contributed by atoms with Crippen molar-refractivity contribution in [3.8, 4) is 0 Å². The highest BCUT2D eigenvalue weighted by molar-refractivity contribution is 7.90. The molecular weight excluding hydrogens is 342 g/mol. The van der Waals surface area contributed by atoms with Crippen LogP contribution in [0.2, 0.25) is 0 Å². The zero-order valence-corrected chi connectivity index (χ0v) is 14.4. The Morgan fingerprint density at radius 3 is 2.16 bits per heavy atom. The summed E-state index contributed by atoms with van der Waals surface area (Å²) in [6.07, 6.45) is 0. The number of hydrogen-bond acceptors (Lipinski definition) is 5. The van der Waals surface area contributed by atoms with Gasteiger partial charge in [-0.1, -0.05) is 35.9 Å². The molecule has 0 saturated heterocycles. The van der Waals surface area contributed by atoms with Gasteiger partial charge in [0.15, 0.2) is 0 Å². The summed E-state index contributed by atoms with van der Waals surface area (Å²) in [5.74, 6) is -1.53. The van der Waals surface area contributed by atoms with Gasteiger partial charge in [0.25, 0.3) is 21.7 Å². The van der Waals surface area contributed by atoms with E-state index in [0.717, 1.165) is 5.56 Å². The van der Waals surface area contributed by atoms with E-state index in [-0.39, 0.29) is 16.0 Å². The third-order valence-corrected chi connectivity index (χ3v) is 4.90.